The monoisotopic (exact) mass is 420 g/mol. The van der Waals surface area contributed by atoms with Gasteiger partial charge in [-0.15, -0.1) is 11.8 Å². The van der Waals surface area contributed by atoms with E-state index in [4.69, 9.17) is 4.74 Å². The van der Waals surface area contributed by atoms with Gasteiger partial charge in [0.1, 0.15) is 12.1 Å². The lowest BCUT2D eigenvalue weighted by atomic mass is 10.1. The van der Waals surface area contributed by atoms with Crippen LogP contribution in [0, 0.1) is 0 Å². The molecular weight excluding hydrogens is 396 g/mol. The molecule has 154 valence electrons. The third-order valence-corrected chi connectivity index (χ3v) is 5.79. The number of thioether (sulfide) groups is 1. The number of hydrogen-bond donors (Lipinski definition) is 1. The van der Waals surface area contributed by atoms with Crippen LogP contribution in [0.3, 0.4) is 0 Å². The van der Waals surface area contributed by atoms with Gasteiger partial charge in [-0.2, -0.15) is 0 Å². The predicted octanol–water partition coefficient (Wildman–Crippen LogP) is 3.63. The zero-order valence-corrected chi connectivity index (χ0v) is 17.7. The largest absolute Gasteiger partial charge is 0.378 e. The van der Waals surface area contributed by atoms with Crippen LogP contribution in [-0.4, -0.2) is 48.4 Å². The van der Waals surface area contributed by atoms with Crippen molar-refractivity contribution in [3.63, 3.8) is 0 Å². The van der Waals surface area contributed by atoms with E-state index in [9.17, 15) is 4.79 Å². The molecule has 6 nitrogen and oxygen atoms in total. The standard InChI is InChI=1S/C23H24N4O2S/c1-30-20-8-2-17(3-9-20)15-24-23(28)19-6-4-18(5-7-19)21-14-22(26-16-25-21)27-10-12-29-13-11-27/h2-9,14,16H,10-13,15H2,1H3,(H,24,28). The van der Waals surface area contributed by atoms with E-state index in [-0.39, 0.29) is 5.91 Å². The van der Waals surface area contributed by atoms with Crippen molar-refractivity contribution >= 4 is 23.5 Å². The number of aromatic nitrogens is 2. The van der Waals surface area contributed by atoms with Gasteiger partial charge in [0.15, 0.2) is 0 Å². The third kappa shape index (κ3) is 4.98. The lowest BCUT2D eigenvalue weighted by Crippen LogP contribution is -2.36. The van der Waals surface area contributed by atoms with Crippen LogP contribution in [0.5, 0.6) is 0 Å². The number of carbonyl (C=O) groups is 1. The van der Waals surface area contributed by atoms with Gasteiger partial charge in [0.05, 0.1) is 18.9 Å². The van der Waals surface area contributed by atoms with Crippen molar-refractivity contribution in [1.82, 2.24) is 15.3 Å². The van der Waals surface area contributed by atoms with Crippen molar-refractivity contribution in [2.24, 2.45) is 0 Å². The Morgan fingerprint density at radius 3 is 2.50 bits per heavy atom. The first-order chi connectivity index (χ1) is 14.7. The molecule has 1 N–H and O–H groups in total. The molecular formula is C23H24N4O2S. The molecule has 1 aromatic heterocycles. The van der Waals surface area contributed by atoms with Crippen LogP contribution in [-0.2, 0) is 11.3 Å². The second-order valence-electron chi connectivity index (χ2n) is 6.97. The van der Waals surface area contributed by atoms with Gasteiger partial charge in [-0.25, -0.2) is 9.97 Å². The molecule has 0 unspecified atom stereocenters. The molecule has 1 amide bonds. The van der Waals surface area contributed by atoms with Crippen LogP contribution < -0.4 is 10.2 Å². The second-order valence-corrected chi connectivity index (χ2v) is 7.85. The SMILES string of the molecule is CSc1ccc(CNC(=O)c2ccc(-c3cc(N4CCOCC4)ncn3)cc2)cc1. The van der Waals surface area contributed by atoms with Crippen LogP contribution in [0.4, 0.5) is 5.82 Å². The highest BCUT2D eigenvalue weighted by Crippen LogP contribution is 2.22. The van der Waals surface area contributed by atoms with Gasteiger partial charge in [0.2, 0.25) is 0 Å². The van der Waals surface area contributed by atoms with Gasteiger partial charge < -0.3 is 15.0 Å². The summed E-state index contributed by atoms with van der Waals surface area (Å²) in [7, 11) is 0. The van der Waals surface area contributed by atoms with Crippen molar-refractivity contribution < 1.29 is 9.53 Å². The number of nitrogens with one attached hydrogen (secondary N) is 1. The summed E-state index contributed by atoms with van der Waals surface area (Å²) in [5, 5.41) is 2.97. The number of amides is 1. The number of nitrogens with zero attached hydrogens (tertiary/aromatic N) is 3. The summed E-state index contributed by atoms with van der Waals surface area (Å²) in [6, 6.07) is 17.7. The summed E-state index contributed by atoms with van der Waals surface area (Å²) in [5.74, 6) is 0.810. The molecule has 0 saturated carbocycles. The normalized spacial score (nSPS) is 13.8. The summed E-state index contributed by atoms with van der Waals surface area (Å²) in [6.07, 6.45) is 3.63. The fourth-order valence-corrected chi connectivity index (χ4v) is 3.70. The summed E-state index contributed by atoms with van der Waals surface area (Å²) in [4.78, 5) is 24.7. The number of ether oxygens (including phenoxy) is 1. The van der Waals surface area contributed by atoms with Crippen LogP contribution in [0.25, 0.3) is 11.3 Å². The van der Waals surface area contributed by atoms with E-state index in [1.165, 1.54) is 4.90 Å². The molecule has 0 atom stereocenters. The quantitative estimate of drug-likeness (QED) is 0.614. The van der Waals surface area contributed by atoms with E-state index in [0.717, 1.165) is 35.7 Å². The van der Waals surface area contributed by atoms with E-state index in [1.54, 1.807) is 18.1 Å². The fourth-order valence-electron chi connectivity index (χ4n) is 3.29. The van der Waals surface area contributed by atoms with E-state index in [1.807, 2.05) is 48.7 Å². The number of benzene rings is 2. The minimum atomic E-state index is -0.0906. The molecule has 3 aromatic rings. The molecule has 0 aliphatic carbocycles. The van der Waals surface area contributed by atoms with Crippen molar-refractivity contribution in [3.8, 4) is 11.3 Å². The molecule has 4 rings (SSSR count). The first-order valence-electron chi connectivity index (χ1n) is 9.89. The Labute approximate surface area is 180 Å². The number of morpholine rings is 1. The zero-order valence-electron chi connectivity index (χ0n) is 16.9. The molecule has 0 spiro atoms. The van der Waals surface area contributed by atoms with E-state index in [0.29, 0.717) is 25.3 Å². The molecule has 1 saturated heterocycles. The van der Waals surface area contributed by atoms with Gasteiger partial charge >= 0.3 is 0 Å². The lowest BCUT2D eigenvalue weighted by Gasteiger charge is -2.27. The number of carbonyl (C=O) groups excluding carboxylic acids is 1. The Morgan fingerprint density at radius 2 is 1.80 bits per heavy atom. The number of anilines is 1. The highest BCUT2D eigenvalue weighted by Gasteiger charge is 2.14. The second kappa shape index (κ2) is 9.73. The summed E-state index contributed by atoms with van der Waals surface area (Å²) >= 11 is 1.70. The van der Waals surface area contributed by atoms with Crippen molar-refractivity contribution in [2.45, 2.75) is 11.4 Å². The fraction of sp³-hybridized carbons (Fsp3) is 0.261. The first-order valence-corrected chi connectivity index (χ1v) is 11.1. The van der Waals surface area contributed by atoms with Crippen LogP contribution in [0.2, 0.25) is 0 Å². The molecule has 1 aliphatic heterocycles. The summed E-state index contributed by atoms with van der Waals surface area (Å²) < 4.78 is 5.41. The van der Waals surface area contributed by atoms with Crippen LogP contribution >= 0.6 is 11.8 Å². The highest BCUT2D eigenvalue weighted by atomic mass is 32.2. The Morgan fingerprint density at radius 1 is 1.07 bits per heavy atom. The Bertz CT molecular complexity index is 987. The van der Waals surface area contributed by atoms with Crippen molar-refractivity contribution in [2.75, 3.05) is 37.5 Å². The predicted molar refractivity (Wildman–Crippen MR) is 120 cm³/mol. The average molecular weight is 421 g/mol. The van der Waals surface area contributed by atoms with Crippen molar-refractivity contribution in [3.05, 3.63) is 72.1 Å². The lowest BCUT2D eigenvalue weighted by molar-refractivity contribution is 0.0951. The Hall–Kier alpha value is -2.90. The Balaban J connectivity index is 1.40. The maximum atomic E-state index is 12.5. The molecule has 1 fully saturated rings. The van der Waals surface area contributed by atoms with Crippen LogP contribution in [0.1, 0.15) is 15.9 Å². The molecule has 30 heavy (non-hydrogen) atoms. The molecule has 7 heteroatoms. The van der Waals surface area contributed by atoms with Crippen LogP contribution in [0.15, 0.2) is 65.8 Å². The van der Waals surface area contributed by atoms with Gasteiger partial charge in [0.25, 0.3) is 5.91 Å². The topological polar surface area (TPSA) is 67.4 Å². The minimum absolute atomic E-state index is 0.0906. The van der Waals surface area contributed by atoms with Gasteiger partial charge in [-0.05, 0) is 36.1 Å². The summed E-state index contributed by atoms with van der Waals surface area (Å²) in [5.41, 5.74) is 3.50. The first kappa shape index (κ1) is 20.4. The van der Waals surface area contributed by atoms with E-state index < -0.39 is 0 Å². The van der Waals surface area contributed by atoms with Gasteiger partial charge in [-0.3, -0.25) is 4.79 Å². The van der Waals surface area contributed by atoms with E-state index >= 15 is 0 Å². The third-order valence-electron chi connectivity index (χ3n) is 5.04. The van der Waals surface area contributed by atoms with Gasteiger partial charge in [0, 0.05) is 41.7 Å². The maximum absolute atomic E-state index is 12.5. The van der Waals surface area contributed by atoms with Crippen molar-refractivity contribution in [1.29, 1.82) is 0 Å². The molecule has 2 aromatic carbocycles. The number of rotatable bonds is 6. The highest BCUT2D eigenvalue weighted by molar-refractivity contribution is 7.98. The zero-order chi connectivity index (χ0) is 20.8. The summed E-state index contributed by atoms with van der Waals surface area (Å²) in [6.45, 7) is 3.59. The molecule has 2 heterocycles. The van der Waals surface area contributed by atoms with Gasteiger partial charge in [-0.1, -0.05) is 24.3 Å². The average Bonchev–Trinajstić information content (AvgIpc) is 2.83. The molecule has 0 bridgehead atoms. The van der Waals surface area contributed by atoms with E-state index in [2.05, 4.69) is 32.3 Å². The molecule has 0 radical (unpaired) electrons. The minimum Gasteiger partial charge on any atom is -0.378 e. The molecule has 1 aliphatic rings. The maximum Gasteiger partial charge on any atom is 0.251 e. The Kier molecular flexibility index (Phi) is 6.61. The number of hydrogen-bond acceptors (Lipinski definition) is 6. The smallest absolute Gasteiger partial charge is 0.251 e.